The number of fused-ring (bicyclic) bond motifs is 1. The number of H-pyrrole nitrogens is 1. The van der Waals surface area contributed by atoms with Gasteiger partial charge in [-0.15, -0.1) is 0 Å². The van der Waals surface area contributed by atoms with Crippen molar-refractivity contribution in [1.82, 2.24) is 24.7 Å². The number of hydrogen-bond acceptors (Lipinski definition) is 6. The number of nitrogens with one attached hydrogen (secondary N) is 2. The first kappa shape index (κ1) is 28.7. The Labute approximate surface area is 220 Å². The monoisotopic (exact) mass is 570 g/mol. The number of rotatable bonds is 9. The van der Waals surface area contributed by atoms with Crippen LogP contribution in [-0.4, -0.2) is 43.6 Å². The van der Waals surface area contributed by atoms with Gasteiger partial charge < -0.3 is 9.88 Å². The predicted molar refractivity (Wildman–Crippen MR) is 131 cm³/mol. The van der Waals surface area contributed by atoms with Gasteiger partial charge in [-0.3, -0.25) is 9.59 Å². The average Bonchev–Trinajstić information content (AvgIpc) is 2.89. The van der Waals surface area contributed by atoms with Crippen LogP contribution in [0.4, 0.5) is 36.4 Å². The van der Waals surface area contributed by atoms with E-state index in [2.05, 4.69) is 20.4 Å². The fourth-order valence-corrected chi connectivity index (χ4v) is 4.13. The number of alkyl halides is 6. The Kier molecular flexibility index (Phi) is 8.21. The van der Waals surface area contributed by atoms with E-state index in [1.807, 2.05) is 0 Å². The number of nitrogens with zero attached hydrogens (tertiary/aromatic N) is 4. The van der Waals surface area contributed by atoms with Gasteiger partial charge in [-0.25, -0.2) is 32.6 Å². The first-order valence-corrected chi connectivity index (χ1v) is 11.8. The standard InChI is InChI=1S/C25H21F7N6O2/c1-12(36-20-10-35-37-23(39)21(20)25(30,31)32)4-15(27)11-38-3-2-13-5-17(18(28)6-16(13)24(38)40)22-33-8-14(9-34-22)19(29)7-26/h2-3,5-6,8-10,12,15,19H,4,7,11H2,1H3,(H2,36,37,39)/t12-,15-,19-/m0/s1. The summed E-state index contributed by atoms with van der Waals surface area (Å²) in [5.41, 5.74) is -4.49. The molecule has 0 saturated carbocycles. The first-order chi connectivity index (χ1) is 18.9. The lowest BCUT2D eigenvalue weighted by Gasteiger charge is -2.20. The summed E-state index contributed by atoms with van der Waals surface area (Å²) in [6.45, 7) is -0.347. The second-order valence-corrected chi connectivity index (χ2v) is 9.02. The van der Waals surface area contributed by atoms with Crippen LogP contribution in [0.1, 0.15) is 30.6 Å². The smallest absolute Gasteiger partial charge is 0.381 e. The van der Waals surface area contributed by atoms with Crippen molar-refractivity contribution in [2.75, 3.05) is 12.0 Å². The molecule has 4 rings (SSSR count). The number of halogens is 7. The van der Waals surface area contributed by atoms with Crippen molar-refractivity contribution in [2.24, 2.45) is 0 Å². The molecule has 3 heterocycles. The molecule has 0 aliphatic carbocycles. The predicted octanol–water partition coefficient (Wildman–Crippen LogP) is 4.91. The quantitative estimate of drug-likeness (QED) is 0.277. The normalized spacial score (nSPS) is 14.2. The summed E-state index contributed by atoms with van der Waals surface area (Å²) >= 11 is 0. The summed E-state index contributed by atoms with van der Waals surface area (Å²) in [5.74, 6) is -0.994. The van der Waals surface area contributed by atoms with E-state index < -0.39 is 66.0 Å². The molecule has 0 fully saturated rings. The van der Waals surface area contributed by atoms with Gasteiger partial charge in [0.15, 0.2) is 12.0 Å². The fourth-order valence-electron chi connectivity index (χ4n) is 4.13. The van der Waals surface area contributed by atoms with Crippen LogP contribution >= 0.6 is 0 Å². The van der Waals surface area contributed by atoms with Crippen molar-refractivity contribution in [3.05, 3.63) is 80.6 Å². The maximum atomic E-state index is 14.9. The van der Waals surface area contributed by atoms with E-state index in [0.29, 0.717) is 0 Å². The summed E-state index contributed by atoms with van der Waals surface area (Å²) in [7, 11) is 0. The minimum absolute atomic E-state index is 0.0793. The minimum atomic E-state index is -4.97. The maximum absolute atomic E-state index is 14.9. The summed E-state index contributed by atoms with van der Waals surface area (Å²) in [4.78, 5) is 32.2. The van der Waals surface area contributed by atoms with E-state index >= 15 is 0 Å². The van der Waals surface area contributed by atoms with E-state index in [1.165, 1.54) is 25.3 Å². The molecule has 212 valence electrons. The van der Waals surface area contributed by atoms with E-state index in [4.69, 9.17) is 0 Å². The zero-order valence-electron chi connectivity index (χ0n) is 20.6. The summed E-state index contributed by atoms with van der Waals surface area (Å²) in [6.07, 6.45) is -4.82. The van der Waals surface area contributed by atoms with Crippen molar-refractivity contribution >= 4 is 16.5 Å². The van der Waals surface area contributed by atoms with Gasteiger partial charge in [0, 0.05) is 36.6 Å². The molecule has 4 aromatic rings. The van der Waals surface area contributed by atoms with Crippen LogP contribution in [0.2, 0.25) is 0 Å². The SMILES string of the molecule is C[C@@H](C[C@H](F)Cn1ccc2cc(-c3ncc([C@@H](F)CF)cn3)c(F)cc2c1=O)Nc1cn[nH]c(=O)c1C(F)(F)F. The summed E-state index contributed by atoms with van der Waals surface area (Å²) in [5, 5.41) is 7.67. The third kappa shape index (κ3) is 6.13. The van der Waals surface area contributed by atoms with Crippen LogP contribution < -0.4 is 16.4 Å². The number of aromatic nitrogens is 5. The minimum Gasteiger partial charge on any atom is -0.381 e. The summed E-state index contributed by atoms with van der Waals surface area (Å²) < 4.78 is 96.4. The van der Waals surface area contributed by atoms with Crippen LogP contribution in [0.5, 0.6) is 0 Å². The molecule has 0 aliphatic rings. The van der Waals surface area contributed by atoms with Gasteiger partial charge in [0.05, 0.1) is 29.4 Å². The number of benzene rings is 1. The molecular formula is C25H21F7N6O2. The second-order valence-electron chi connectivity index (χ2n) is 9.02. The highest BCUT2D eigenvalue weighted by molar-refractivity contribution is 5.86. The second kappa shape index (κ2) is 11.4. The number of hydrogen-bond donors (Lipinski definition) is 2. The fraction of sp³-hybridized carbons (Fsp3) is 0.320. The molecule has 0 saturated heterocycles. The van der Waals surface area contributed by atoms with Crippen LogP contribution in [0.3, 0.4) is 0 Å². The van der Waals surface area contributed by atoms with Gasteiger partial charge >= 0.3 is 6.18 Å². The van der Waals surface area contributed by atoms with Crippen LogP contribution in [0.15, 0.2) is 52.6 Å². The molecule has 0 aliphatic heterocycles. The molecule has 3 atom stereocenters. The Bertz CT molecular complexity index is 1620. The molecule has 0 unspecified atom stereocenters. The lowest BCUT2D eigenvalue weighted by Crippen LogP contribution is -2.30. The van der Waals surface area contributed by atoms with Crippen LogP contribution in [0, 0.1) is 5.82 Å². The van der Waals surface area contributed by atoms with Crippen molar-refractivity contribution in [1.29, 1.82) is 0 Å². The zero-order chi connectivity index (χ0) is 29.2. The Hall–Kier alpha value is -4.30. The topological polar surface area (TPSA) is 106 Å². The maximum Gasteiger partial charge on any atom is 0.423 e. The lowest BCUT2D eigenvalue weighted by atomic mass is 10.1. The largest absolute Gasteiger partial charge is 0.423 e. The Balaban J connectivity index is 1.51. The zero-order valence-corrected chi connectivity index (χ0v) is 20.6. The van der Waals surface area contributed by atoms with Gasteiger partial charge in [0.1, 0.15) is 24.2 Å². The highest BCUT2D eigenvalue weighted by Crippen LogP contribution is 2.32. The van der Waals surface area contributed by atoms with Crippen molar-refractivity contribution in [2.45, 2.75) is 44.5 Å². The van der Waals surface area contributed by atoms with Gasteiger partial charge in [0.25, 0.3) is 11.1 Å². The van der Waals surface area contributed by atoms with E-state index in [1.54, 1.807) is 5.10 Å². The van der Waals surface area contributed by atoms with Crippen molar-refractivity contribution in [3.8, 4) is 11.4 Å². The van der Waals surface area contributed by atoms with Crippen molar-refractivity contribution < 1.29 is 30.7 Å². The molecule has 2 N–H and O–H groups in total. The molecule has 1 aromatic carbocycles. The molecule has 0 bridgehead atoms. The van der Waals surface area contributed by atoms with Gasteiger partial charge in [-0.05, 0) is 30.5 Å². The Morgan fingerprint density at radius 1 is 1.10 bits per heavy atom. The van der Waals surface area contributed by atoms with Gasteiger partial charge in [-0.2, -0.15) is 18.3 Å². The van der Waals surface area contributed by atoms with Gasteiger partial charge in [-0.1, -0.05) is 0 Å². The average molecular weight is 570 g/mol. The molecule has 15 heteroatoms. The Morgan fingerprint density at radius 3 is 2.45 bits per heavy atom. The molecule has 0 amide bonds. The first-order valence-electron chi connectivity index (χ1n) is 11.8. The number of aromatic amines is 1. The molecule has 0 spiro atoms. The molecule has 3 aromatic heterocycles. The number of anilines is 1. The van der Waals surface area contributed by atoms with E-state index in [9.17, 15) is 40.3 Å². The van der Waals surface area contributed by atoms with Crippen LogP contribution in [-0.2, 0) is 12.7 Å². The van der Waals surface area contributed by atoms with E-state index in [-0.39, 0.29) is 34.1 Å². The van der Waals surface area contributed by atoms with E-state index in [0.717, 1.165) is 29.2 Å². The molecule has 40 heavy (non-hydrogen) atoms. The third-order valence-electron chi connectivity index (χ3n) is 6.02. The lowest BCUT2D eigenvalue weighted by molar-refractivity contribution is -0.138. The highest BCUT2D eigenvalue weighted by Gasteiger charge is 2.37. The van der Waals surface area contributed by atoms with Crippen molar-refractivity contribution in [3.63, 3.8) is 0 Å². The third-order valence-corrected chi connectivity index (χ3v) is 6.02. The highest BCUT2D eigenvalue weighted by atomic mass is 19.4. The molecule has 0 radical (unpaired) electrons. The van der Waals surface area contributed by atoms with Crippen LogP contribution in [0.25, 0.3) is 22.2 Å². The Morgan fingerprint density at radius 2 is 1.80 bits per heavy atom. The number of pyridine rings is 1. The van der Waals surface area contributed by atoms with Gasteiger partial charge in [0.2, 0.25) is 0 Å². The molecule has 8 nitrogen and oxygen atoms in total. The summed E-state index contributed by atoms with van der Waals surface area (Å²) in [6, 6.07) is 2.76. The molecular weight excluding hydrogens is 549 g/mol.